The molecule has 6 nitrogen and oxygen atoms in total. The zero-order valence-corrected chi connectivity index (χ0v) is 10.0. The molecule has 0 spiro atoms. The van der Waals surface area contributed by atoms with Gasteiger partial charge in [-0.15, -0.1) is 0 Å². The van der Waals surface area contributed by atoms with Crippen LogP contribution in [0.15, 0.2) is 18.2 Å². The maximum atomic E-state index is 11.4. The number of hydrogen-bond acceptors (Lipinski definition) is 4. The summed E-state index contributed by atoms with van der Waals surface area (Å²) < 4.78 is 5.22. The Morgan fingerprint density at radius 2 is 2.28 bits per heavy atom. The summed E-state index contributed by atoms with van der Waals surface area (Å²) in [6.07, 6.45) is 1.99. The SMILES string of the molecule is Cc1ccc([N+](=O)[O-])c(OCC(=O)NC2CC2)c1. The summed E-state index contributed by atoms with van der Waals surface area (Å²) in [7, 11) is 0. The lowest BCUT2D eigenvalue weighted by Crippen LogP contribution is -2.30. The maximum Gasteiger partial charge on any atom is 0.310 e. The second-order valence-electron chi connectivity index (χ2n) is 4.36. The number of ether oxygens (including phenoxy) is 1. The zero-order valence-electron chi connectivity index (χ0n) is 10.0. The Balaban J connectivity index is 2.00. The Morgan fingerprint density at radius 3 is 2.89 bits per heavy atom. The van der Waals surface area contributed by atoms with Crippen molar-refractivity contribution >= 4 is 11.6 Å². The number of nitrogens with one attached hydrogen (secondary N) is 1. The monoisotopic (exact) mass is 250 g/mol. The average Bonchev–Trinajstić information content (AvgIpc) is 3.10. The van der Waals surface area contributed by atoms with Crippen LogP contribution >= 0.6 is 0 Å². The molecule has 0 radical (unpaired) electrons. The van der Waals surface area contributed by atoms with Crippen LogP contribution in [0.1, 0.15) is 18.4 Å². The molecule has 0 aromatic heterocycles. The van der Waals surface area contributed by atoms with Gasteiger partial charge in [0.25, 0.3) is 5.91 Å². The van der Waals surface area contributed by atoms with E-state index in [2.05, 4.69) is 5.32 Å². The van der Waals surface area contributed by atoms with Gasteiger partial charge in [-0.05, 0) is 31.4 Å². The Labute approximate surface area is 104 Å². The largest absolute Gasteiger partial charge is 0.477 e. The smallest absolute Gasteiger partial charge is 0.310 e. The summed E-state index contributed by atoms with van der Waals surface area (Å²) in [5.74, 6) is -0.112. The highest BCUT2D eigenvalue weighted by atomic mass is 16.6. The van der Waals surface area contributed by atoms with Gasteiger partial charge in [0.2, 0.25) is 0 Å². The van der Waals surface area contributed by atoms with Crippen molar-refractivity contribution in [2.45, 2.75) is 25.8 Å². The molecule has 0 heterocycles. The molecule has 6 heteroatoms. The standard InChI is InChI=1S/C12H14N2O4/c1-8-2-5-10(14(16)17)11(6-8)18-7-12(15)13-9-3-4-9/h2,5-6,9H,3-4,7H2,1H3,(H,13,15). The molecule has 0 bridgehead atoms. The third-order valence-corrected chi connectivity index (χ3v) is 2.61. The fourth-order valence-corrected chi connectivity index (χ4v) is 1.53. The molecule has 0 unspecified atom stereocenters. The van der Waals surface area contributed by atoms with E-state index >= 15 is 0 Å². The molecule has 1 amide bonds. The van der Waals surface area contributed by atoms with Crippen molar-refractivity contribution in [1.29, 1.82) is 0 Å². The van der Waals surface area contributed by atoms with Gasteiger partial charge in [0.05, 0.1) is 4.92 Å². The number of nitro groups is 1. The topological polar surface area (TPSA) is 81.5 Å². The van der Waals surface area contributed by atoms with E-state index in [9.17, 15) is 14.9 Å². The third kappa shape index (κ3) is 3.19. The number of carbonyl (C=O) groups is 1. The van der Waals surface area contributed by atoms with Gasteiger partial charge in [-0.3, -0.25) is 14.9 Å². The summed E-state index contributed by atoms with van der Waals surface area (Å²) in [4.78, 5) is 21.7. The fourth-order valence-electron chi connectivity index (χ4n) is 1.53. The van der Waals surface area contributed by atoms with E-state index in [0.717, 1.165) is 18.4 Å². The van der Waals surface area contributed by atoms with Gasteiger partial charge in [0.15, 0.2) is 12.4 Å². The molecule has 1 aromatic rings. The third-order valence-electron chi connectivity index (χ3n) is 2.61. The molecule has 1 saturated carbocycles. The molecule has 2 rings (SSSR count). The maximum absolute atomic E-state index is 11.4. The number of amides is 1. The molecule has 96 valence electrons. The fraction of sp³-hybridized carbons (Fsp3) is 0.417. The van der Waals surface area contributed by atoms with Crippen LogP contribution in [-0.4, -0.2) is 23.5 Å². The van der Waals surface area contributed by atoms with Crippen LogP contribution < -0.4 is 10.1 Å². The van der Waals surface area contributed by atoms with E-state index in [1.807, 2.05) is 0 Å². The lowest BCUT2D eigenvalue weighted by molar-refractivity contribution is -0.385. The van der Waals surface area contributed by atoms with Crippen molar-refractivity contribution in [3.8, 4) is 5.75 Å². The van der Waals surface area contributed by atoms with Crippen molar-refractivity contribution in [2.75, 3.05) is 6.61 Å². The normalized spacial score (nSPS) is 14.1. The van der Waals surface area contributed by atoms with Crippen LogP contribution in [0.4, 0.5) is 5.69 Å². The Morgan fingerprint density at radius 1 is 1.56 bits per heavy atom. The number of rotatable bonds is 5. The summed E-state index contributed by atoms with van der Waals surface area (Å²) in [6, 6.07) is 4.83. The van der Waals surface area contributed by atoms with Crippen LogP contribution in [0.2, 0.25) is 0 Å². The van der Waals surface area contributed by atoms with Gasteiger partial charge in [-0.2, -0.15) is 0 Å². The zero-order chi connectivity index (χ0) is 13.1. The number of hydrogen-bond donors (Lipinski definition) is 1. The highest BCUT2D eigenvalue weighted by molar-refractivity contribution is 5.78. The van der Waals surface area contributed by atoms with Gasteiger partial charge in [-0.1, -0.05) is 6.07 Å². The van der Waals surface area contributed by atoms with Gasteiger partial charge in [0, 0.05) is 12.1 Å². The highest BCUT2D eigenvalue weighted by Gasteiger charge is 2.24. The molecule has 1 aliphatic rings. The number of benzene rings is 1. The molecule has 0 aliphatic heterocycles. The quantitative estimate of drug-likeness (QED) is 0.635. The number of nitro benzene ring substituents is 1. The van der Waals surface area contributed by atoms with Crippen LogP contribution in [0.25, 0.3) is 0 Å². The molecule has 1 aliphatic carbocycles. The molecule has 1 N–H and O–H groups in total. The van der Waals surface area contributed by atoms with E-state index in [1.165, 1.54) is 6.07 Å². The van der Waals surface area contributed by atoms with Crippen LogP contribution in [0.5, 0.6) is 5.75 Å². The lowest BCUT2D eigenvalue weighted by Gasteiger charge is -2.07. The molecule has 0 atom stereocenters. The van der Waals surface area contributed by atoms with Crippen molar-refractivity contribution in [1.82, 2.24) is 5.32 Å². The van der Waals surface area contributed by atoms with Gasteiger partial charge >= 0.3 is 5.69 Å². The number of nitrogens with zero attached hydrogens (tertiary/aromatic N) is 1. The summed E-state index contributed by atoms with van der Waals surface area (Å²) in [5, 5.41) is 13.5. The predicted octanol–water partition coefficient (Wildman–Crippen LogP) is 1.56. The Kier molecular flexibility index (Phi) is 3.45. The van der Waals surface area contributed by atoms with Crippen LogP contribution in [0, 0.1) is 17.0 Å². The van der Waals surface area contributed by atoms with Crippen LogP contribution in [-0.2, 0) is 4.79 Å². The average molecular weight is 250 g/mol. The lowest BCUT2D eigenvalue weighted by atomic mass is 10.2. The minimum Gasteiger partial charge on any atom is -0.477 e. The molecule has 0 saturated heterocycles. The molecular formula is C12H14N2O4. The molecular weight excluding hydrogens is 236 g/mol. The molecule has 1 aromatic carbocycles. The van der Waals surface area contributed by atoms with E-state index in [0.29, 0.717) is 0 Å². The minimum atomic E-state index is -0.520. The number of carbonyl (C=O) groups excluding carboxylic acids is 1. The number of aryl methyl sites for hydroxylation is 1. The Bertz CT molecular complexity index is 483. The van der Waals surface area contributed by atoms with Gasteiger partial charge < -0.3 is 10.1 Å². The van der Waals surface area contributed by atoms with E-state index in [4.69, 9.17) is 4.74 Å². The second kappa shape index (κ2) is 5.03. The van der Waals surface area contributed by atoms with Crippen molar-refractivity contribution in [2.24, 2.45) is 0 Å². The second-order valence-corrected chi connectivity index (χ2v) is 4.36. The van der Waals surface area contributed by atoms with Crippen molar-refractivity contribution in [3.05, 3.63) is 33.9 Å². The molecule has 1 fully saturated rings. The van der Waals surface area contributed by atoms with Crippen molar-refractivity contribution in [3.63, 3.8) is 0 Å². The van der Waals surface area contributed by atoms with Gasteiger partial charge in [-0.25, -0.2) is 0 Å². The predicted molar refractivity (Wildman–Crippen MR) is 64.5 cm³/mol. The van der Waals surface area contributed by atoms with Crippen LogP contribution in [0.3, 0.4) is 0 Å². The van der Waals surface area contributed by atoms with E-state index in [-0.39, 0.29) is 30.0 Å². The Hall–Kier alpha value is -2.11. The van der Waals surface area contributed by atoms with Crippen molar-refractivity contribution < 1.29 is 14.5 Å². The first-order chi connectivity index (χ1) is 8.56. The van der Waals surface area contributed by atoms with E-state index < -0.39 is 4.92 Å². The highest BCUT2D eigenvalue weighted by Crippen LogP contribution is 2.27. The first-order valence-corrected chi connectivity index (χ1v) is 5.73. The molecule has 18 heavy (non-hydrogen) atoms. The summed E-state index contributed by atoms with van der Waals surface area (Å²) in [5.41, 5.74) is 0.720. The van der Waals surface area contributed by atoms with E-state index in [1.54, 1.807) is 19.1 Å². The minimum absolute atomic E-state index is 0.125. The summed E-state index contributed by atoms with van der Waals surface area (Å²) >= 11 is 0. The summed E-state index contributed by atoms with van der Waals surface area (Å²) in [6.45, 7) is 1.61. The first kappa shape index (κ1) is 12.3. The first-order valence-electron chi connectivity index (χ1n) is 5.73. The van der Waals surface area contributed by atoms with Gasteiger partial charge in [0.1, 0.15) is 0 Å².